The van der Waals surface area contributed by atoms with Crippen molar-refractivity contribution in [3.63, 3.8) is 0 Å². The van der Waals surface area contributed by atoms with E-state index < -0.39 is 0 Å². The molecule has 1 aliphatic rings. The largest absolute Gasteiger partial charge is 0.340 e. The van der Waals surface area contributed by atoms with Crippen LogP contribution in [0.4, 0.5) is 0 Å². The van der Waals surface area contributed by atoms with Gasteiger partial charge in [-0.15, -0.1) is 11.3 Å². The van der Waals surface area contributed by atoms with Gasteiger partial charge >= 0.3 is 0 Å². The van der Waals surface area contributed by atoms with Gasteiger partial charge in [-0.3, -0.25) is 4.90 Å². The smallest absolute Gasteiger partial charge is 0.223 e. The topological polar surface area (TPSA) is 42.2 Å². The summed E-state index contributed by atoms with van der Waals surface area (Å²) in [4.78, 5) is 8.38. The average Bonchev–Trinajstić information content (AvgIpc) is 3.02. The van der Waals surface area contributed by atoms with Crippen LogP contribution in [0.3, 0.4) is 0 Å². The number of thiophene rings is 1. The Labute approximate surface area is 123 Å². The van der Waals surface area contributed by atoms with E-state index in [0.717, 1.165) is 18.8 Å². The Balaban J connectivity index is 1.48. The molecule has 4 nitrogen and oxygen atoms in total. The van der Waals surface area contributed by atoms with E-state index in [-0.39, 0.29) is 0 Å². The van der Waals surface area contributed by atoms with E-state index in [4.69, 9.17) is 4.52 Å². The number of piperidine rings is 1. The van der Waals surface area contributed by atoms with Gasteiger partial charge in [0.1, 0.15) is 0 Å². The normalized spacial score (nSPS) is 17.7. The standard InChI is InChI=1S/C15H21N3OS/c1-11-5-8-20-14(11)10-18-6-3-13(4-7-18)9-15-16-12(2)19-17-15/h5,8,13H,3-4,6-7,9-10H2,1-2H3. The first-order valence-corrected chi connectivity index (χ1v) is 8.13. The number of likely N-dealkylation sites (tertiary alicyclic amines) is 1. The van der Waals surface area contributed by atoms with Crippen molar-refractivity contribution in [1.82, 2.24) is 15.0 Å². The molecule has 0 unspecified atom stereocenters. The van der Waals surface area contributed by atoms with E-state index in [1.807, 2.05) is 18.3 Å². The maximum atomic E-state index is 5.04. The van der Waals surface area contributed by atoms with Crippen LogP contribution in [0.1, 0.15) is 35.0 Å². The Kier molecular flexibility index (Phi) is 4.17. The highest BCUT2D eigenvalue weighted by atomic mass is 32.1. The van der Waals surface area contributed by atoms with E-state index in [9.17, 15) is 0 Å². The minimum atomic E-state index is 0.672. The lowest BCUT2D eigenvalue weighted by atomic mass is 9.93. The Morgan fingerprint density at radius 2 is 2.15 bits per heavy atom. The summed E-state index contributed by atoms with van der Waals surface area (Å²) in [6.45, 7) is 7.52. The highest BCUT2D eigenvalue weighted by molar-refractivity contribution is 7.10. The third-order valence-corrected chi connectivity index (χ3v) is 5.09. The van der Waals surface area contributed by atoms with Gasteiger partial charge in [-0.2, -0.15) is 4.98 Å². The van der Waals surface area contributed by atoms with Gasteiger partial charge in [0.05, 0.1) is 0 Å². The molecule has 2 aromatic rings. The zero-order valence-electron chi connectivity index (χ0n) is 12.1. The van der Waals surface area contributed by atoms with E-state index in [1.165, 1.54) is 36.4 Å². The lowest BCUT2D eigenvalue weighted by molar-refractivity contribution is 0.176. The first kappa shape index (κ1) is 13.8. The summed E-state index contributed by atoms with van der Waals surface area (Å²) >= 11 is 1.88. The van der Waals surface area contributed by atoms with E-state index >= 15 is 0 Å². The second kappa shape index (κ2) is 6.06. The summed E-state index contributed by atoms with van der Waals surface area (Å²) < 4.78 is 5.04. The summed E-state index contributed by atoms with van der Waals surface area (Å²) in [6, 6.07) is 2.21. The van der Waals surface area contributed by atoms with Gasteiger partial charge in [0, 0.05) is 24.8 Å². The molecule has 0 amide bonds. The fourth-order valence-corrected chi connectivity index (χ4v) is 3.75. The number of hydrogen-bond acceptors (Lipinski definition) is 5. The fourth-order valence-electron chi connectivity index (χ4n) is 2.80. The molecule has 108 valence electrons. The Bertz CT molecular complexity index is 555. The molecule has 0 radical (unpaired) electrons. The molecule has 3 rings (SSSR count). The van der Waals surface area contributed by atoms with E-state index in [1.54, 1.807) is 0 Å². The Morgan fingerprint density at radius 3 is 2.75 bits per heavy atom. The SMILES string of the molecule is Cc1nc(CC2CCN(Cc3sccc3C)CC2)no1. The van der Waals surface area contributed by atoms with Crippen LogP contribution in [0.5, 0.6) is 0 Å². The zero-order valence-corrected chi connectivity index (χ0v) is 12.9. The summed E-state index contributed by atoms with van der Waals surface area (Å²) in [6.07, 6.45) is 3.43. The van der Waals surface area contributed by atoms with Gasteiger partial charge in [0.15, 0.2) is 5.82 Å². The molecule has 0 spiro atoms. The fraction of sp³-hybridized carbons (Fsp3) is 0.600. The van der Waals surface area contributed by atoms with Crippen LogP contribution < -0.4 is 0 Å². The van der Waals surface area contributed by atoms with Crippen molar-refractivity contribution in [3.05, 3.63) is 33.6 Å². The number of aromatic nitrogens is 2. The van der Waals surface area contributed by atoms with Crippen LogP contribution in [-0.2, 0) is 13.0 Å². The quantitative estimate of drug-likeness (QED) is 0.867. The molecule has 1 saturated heterocycles. The molecular weight excluding hydrogens is 270 g/mol. The predicted octanol–water partition coefficient (Wildman–Crippen LogP) is 3.20. The lowest BCUT2D eigenvalue weighted by Crippen LogP contribution is -2.33. The van der Waals surface area contributed by atoms with Crippen molar-refractivity contribution in [1.29, 1.82) is 0 Å². The van der Waals surface area contributed by atoms with Gasteiger partial charge in [0.2, 0.25) is 5.89 Å². The van der Waals surface area contributed by atoms with Crippen LogP contribution in [0, 0.1) is 19.8 Å². The summed E-state index contributed by atoms with van der Waals surface area (Å²) in [5, 5.41) is 6.19. The van der Waals surface area contributed by atoms with Crippen molar-refractivity contribution < 1.29 is 4.52 Å². The second-order valence-electron chi connectivity index (χ2n) is 5.68. The van der Waals surface area contributed by atoms with Crippen molar-refractivity contribution in [3.8, 4) is 0 Å². The van der Waals surface area contributed by atoms with E-state index in [2.05, 4.69) is 33.4 Å². The highest BCUT2D eigenvalue weighted by Gasteiger charge is 2.21. The monoisotopic (exact) mass is 291 g/mol. The molecule has 0 atom stereocenters. The number of rotatable bonds is 4. The first-order chi connectivity index (χ1) is 9.70. The predicted molar refractivity (Wildman–Crippen MR) is 79.8 cm³/mol. The molecular formula is C15H21N3OS. The summed E-state index contributed by atoms with van der Waals surface area (Å²) in [5.74, 6) is 2.24. The first-order valence-electron chi connectivity index (χ1n) is 7.25. The number of hydrogen-bond donors (Lipinski definition) is 0. The number of nitrogens with zero attached hydrogens (tertiary/aromatic N) is 3. The van der Waals surface area contributed by atoms with Crippen LogP contribution in [0.15, 0.2) is 16.0 Å². The van der Waals surface area contributed by atoms with Crippen molar-refractivity contribution in [2.75, 3.05) is 13.1 Å². The van der Waals surface area contributed by atoms with Gasteiger partial charge in [-0.05, 0) is 55.8 Å². The van der Waals surface area contributed by atoms with Gasteiger partial charge < -0.3 is 4.52 Å². The average molecular weight is 291 g/mol. The molecule has 0 N–H and O–H groups in total. The molecule has 5 heteroatoms. The molecule has 3 heterocycles. The molecule has 0 aliphatic carbocycles. The van der Waals surface area contributed by atoms with Crippen molar-refractivity contribution in [2.24, 2.45) is 5.92 Å². The molecule has 1 fully saturated rings. The maximum Gasteiger partial charge on any atom is 0.223 e. The van der Waals surface area contributed by atoms with Crippen LogP contribution >= 0.6 is 11.3 Å². The molecule has 0 bridgehead atoms. The molecule has 1 aliphatic heterocycles. The second-order valence-corrected chi connectivity index (χ2v) is 6.68. The maximum absolute atomic E-state index is 5.04. The lowest BCUT2D eigenvalue weighted by Gasteiger charge is -2.31. The van der Waals surface area contributed by atoms with Crippen molar-refractivity contribution in [2.45, 2.75) is 39.7 Å². The third-order valence-electron chi connectivity index (χ3n) is 4.08. The molecule has 0 aromatic carbocycles. The Morgan fingerprint density at radius 1 is 1.35 bits per heavy atom. The van der Waals surface area contributed by atoms with E-state index in [0.29, 0.717) is 11.8 Å². The highest BCUT2D eigenvalue weighted by Crippen LogP contribution is 2.24. The molecule has 20 heavy (non-hydrogen) atoms. The number of aryl methyl sites for hydroxylation is 2. The summed E-state index contributed by atoms with van der Waals surface area (Å²) in [7, 11) is 0. The molecule has 2 aromatic heterocycles. The van der Waals surface area contributed by atoms with Crippen LogP contribution in [0.2, 0.25) is 0 Å². The summed E-state index contributed by atoms with van der Waals surface area (Å²) in [5.41, 5.74) is 1.43. The minimum Gasteiger partial charge on any atom is -0.340 e. The van der Waals surface area contributed by atoms with Crippen molar-refractivity contribution >= 4 is 11.3 Å². The minimum absolute atomic E-state index is 0.672. The van der Waals surface area contributed by atoms with Gasteiger partial charge in [-0.1, -0.05) is 5.16 Å². The Hall–Kier alpha value is -1.20. The van der Waals surface area contributed by atoms with Crippen LogP contribution in [0.25, 0.3) is 0 Å². The van der Waals surface area contributed by atoms with Gasteiger partial charge in [-0.25, -0.2) is 0 Å². The van der Waals surface area contributed by atoms with Crippen LogP contribution in [-0.4, -0.2) is 28.1 Å². The van der Waals surface area contributed by atoms with Gasteiger partial charge in [0.25, 0.3) is 0 Å². The molecule has 0 saturated carbocycles. The zero-order chi connectivity index (χ0) is 13.9. The third kappa shape index (κ3) is 3.27.